The van der Waals surface area contributed by atoms with E-state index in [1.54, 1.807) is 6.92 Å². The second-order valence-corrected chi connectivity index (χ2v) is 10.8. The third-order valence-electron chi connectivity index (χ3n) is 4.65. The van der Waals surface area contributed by atoms with E-state index in [9.17, 15) is 16.8 Å². The predicted molar refractivity (Wildman–Crippen MR) is 94.4 cm³/mol. The van der Waals surface area contributed by atoms with E-state index in [0.717, 1.165) is 32.2 Å². The Labute approximate surface area is 145 Å². The van der Waals surface area contributed by atoms with Gasteiger partial charge in [-0.1, -0.05) is 6.92 Å². The molecule has 1 aliphatic rings. The van der Waals surface area contributed by atoms with Crippen LogP contribution in [0.2, 0.25) is 0 Å². The van der Waals surface area contributed by atoms with Crippen LogP contribution >= 0.6 is 0 Å². The first-order valence-corrected chi connectivity index (χ1v) is 11.3. The molecule has 0 saturated carbocycles. The smallest absolute Gasteiger partial charge is 0.240 e. The fraction of sp³-hybridized carbons (Fsp3) is 0.625. The fourth-order valence-electron chi connectivity index (χ4n) is 3.01. The van der Waals surface area contributed by atoms with Gasteiger partial charge in [0.15, 0.2) is 9.84 Å². The number of sulfone groups is 1. The lowest BCUT2D eigenvalue weighted by Crippen LogP contribution is -2.43. The Kier molecular flexibility index (Phi) is 5.44. The van der Waals surface area contributed by atoms with Crippen molar-refractivity contribution in [1.29, 1.82) is 0 Å². The molecule has 1 aliphatic heterocycles. The number of aryl methyl sites for hydroxylation is 1. The summed E-state index contributed by atoms with van der Waals surface area (Å²) < 4.78 is 52.0. The minimum absolute atomic E-state index is 0.0421. The Balaban J connectivity index is 2.34. The molecule has 1 aromatic rings. The van der Waals surface area contributed by atoms with E-state index in [4.69, 9.17) is 0 Å². The van der Waals surface area contributed by atoms with Crippen molar-refractivity contribution in [2.75, 3.05) is 25.9 Å². The number of hydrogen-bond acceptors (Lipinski definition) is 5. The minimum atomic E-state index is -3.77. The van der Waals surface area contributed by atoms with Gasteiger partial charge in [-0.2, -0.15) is 0 Å². The Morgan fingerprint density at radius 1 is 1.08 bits per heavy atom. The molecule has 0 unspecified atom stereocenters. The number of rotatable bonds is 5. The Morgan fingerprint density at radius 2 is 1.62 bits per heavy atom. The topological polar surface area (TPSA) is 92.3 Å². The van der Waals surface area contributed by atoms with Crippen molar-refractivity contribution in [1.82, 2.24) is 10.0 Å². The summed E-state index contributed by atoms with van der Waals surface area (Å²) in [5, 5.41) is 3.27. The summed E-state index contributed by atoms with van der Waals surface area (Å²) in [6.07, 6.45) is 2.89. The molecule has 2 N–H and O–H groups in total. The third kappa shape index (κ3) is 4.36. The van der Waals surface area contributed by atoms with Gasteiger partial charge in [-0.05, 0) is 68.5 Å². The molecule has 0 amide bonds. The molecule has 1 saturated heterocycles. The van der Waals surface area contributed by atoms with Crippen LogP contribution in [-0.4, -0.2) is 42.7 Å². The largest absolute Gasteiger partial charge is 0.317 e. The van der Waals surface area contributed by atoms with Gasteiger partial charge in [-0.15, -0.1) is 0 Å². The van der Waals surface area contributed by atoms with Crippen LogP contribution in [0.1, 0.15) is 30.9 Å². The maximum atomic E-state index is 12.7. The summed E-state index contributed by atoms with van der Waals surface area (Å²) >= 11 is 0. The van der Waals surface area contributed by atoms with Crippen molar-refractivity contribution < 1.29 is 16.8 Å². The molecule has 0 radical (unpaired) electrons. The van der Waals surface area contributed by atoms with Gasteiger partial charge in [-0.25, -0.2) is 21.6 Å². The van der Waals surface area contributed by atoms with E-state index < -0.39 is 19.9 Å². The number of piperidine rings is 1. The van der Waals surface area contributed by atoms with Crippen LogP contribution in [0, 0.1) is 19.3 Å². The van der Waals surface area contributed by atoms with Crippen LogP contribution in [0.5, 0.6) is 0 Å². The summed E-state index contributed by atoms with van der Waals surface area (Å²) in [4.78, 5) is 0.108. The normalized spacial score (nSPS) is 18.5. The highest BCUT2D eigenvalue weighted by atomic mass is 32.2. The van der Waals surface area contributed by atoms with Crippen LogP contribution in [0.25, 0.3) is 0 Å². The standard InChI is InChI=1S/C16H26N2O4S2/c1-12-9-14(23(4,19)20)13(2)15(10-12)24(21,22)18-11-16(3)5-7-17-8-6-16/h9-10,17-18H,5-8,11H2,1-4H3. The zero-order valence-electron chi connectivity index (χ0n) is 14.6. The lowest BCUT2D eigenvalue weighted by molar-refractivity contribution is 0.232. The molecule has 0 aliphatic carbocycles. The van der Waals surface area contributed by atoms with E-state index in [1.807, 2.05) is 0 Å². The number of sulfonamides is 1. The summed E-state index contributed by atoms with van der Waals surface area (Å²) in [6, 6.07) is 3.04. The second kappa shape index (κ2) is 6.74. The quantitative estimate of drug-likeness (QED) is 0.812. The Morgan fingerprint density at radius 3 is 2.17 bits per heavy atom. The van der Waals surface area contributed by atoms with Gasteiger partial charge < -0.3 is 5.32 Å². The fourth-order valence-corrected chi connectivity index (χ4v) is 5.69. The Bertz CT molecular complexity index is 824. The van der Waals surface area contributed by atoms with Gasteiger partial charge in [-0.3, -0.25) is 0 Å². The molecule has 6 nitrogen and oxygen atoms in total. The van der Waals surface area contributed by atoms with Crippen molar-refractivity contribution in [3.63, 3.8) is 0 Å². The molecule has 0 atom stereocenters. The zero-order chi connectivity index (χ0) is 18.2. The molecule has 0 bridgehead atoms. The molecule has 1 fully saturated rings. The SMILES string of the molecule is Cc1cc(S(C)(=O)=O)c(C)c(S(=O)(=O)NCC2(C)CCNCC2)c1. The van der Waals surface area contributed by atoms with Crippen LogP contribution in [-0.2, 0) is 19.9 Å². The van der Waals surface area contributed by atoms with E-state index in [-0.39, 0.29) is 20.8 Å². The van der Waals surface area contributed by atoms with Gasteiger partial charge in [0.2, 0.25) is 10.0 Å². The Hall–Kier alpha value is -0.960. The first-order chi connectivity index (χ1) is 10.9. The van der Waals surface area contributed by atoms with Crippen molar-refractivity contribution in [2.45, 2.75) is 43.4 Å². The monoisotopic (exact) mass is 374 g/mol. The number of nitrogens with one attached hydrogen (secondary N) is 2. The van der Waals surface area contributed by atoms with Crippen LogP contribution in [0.3, 0.4) is 0 Å². The molecule has 8 heteroatoms. The van der Waals surface area contributed by atoms with Crippen molar-refractivity contribution in [3.8, 4) is 0 Å². The number of hydrogen-bond donors (Lipinski definition) is 2. The predicted octanol–water partition coefficient (Wildman–Crippen LogP) is 1.37. The number of benzene rings is 1. The van der Waals surface area contributed by atoms with Gasteiger partial charge in [0.1, 0.15) is 0 Å². The molecule has 1 aromatic carbocycles. The van der Waals surface area contributed by atoms with E-state index in [0.29, 0.717) is 12.1 Å². The molecular weight excluding hydrogens is 348 g/mol. The van der Waals surface area contributed by atoms with E-state index in [1.165, 1.54) is 19.1 Å². The zero-order valence-corrected chi connectivity index (χ0v) is 16.3. The highest BCUT2D eigenvalue weighted by molar-refractivity contribution is 7.91. The van der Waals surface area contributed by atoms with Gasteiger partial charge in [0, 0.05) is 12.8 Å². The van der Waals surface area contributed by atoms with Gasteiger partial charge in [0.05, 0.1) is 9.79 Å². The van der Waals surface area contributed by atoms with Crippen molar-refractivity contribution in [3.05, 3.63) is 23.3 Å². The maximum Gasteiger partial charge on any atom is 0.240 e. The molecule has 0 spiro atoms. The molecule has 2 rings (SSSR count). The summed E-state index contributed by atoms with van der Waals surface area (Å²) in [7, 11) is -7.26. The van der Waals surface area contributed by atoms with Crippen LogP contribution < -0.4 is 10.0 Å². The third-order valence-corrected chi connectivity index (χ3v) is 7.40. The second-order valence-electron chi connectivity index (χ2n) is 7.04. The lowest BCUT2D eigenvalue weighted by Gasteiger charge is -2.34. The van der Waals surface area contributed by atoms with E-state index in [2.05, 4.69) is 17.0 Å². The summed E-state index contributed by atoms with van der Waals surface area (Å²) in [6.45, 7) is 7.40. The molecule has 1 heterocycles. The highest BCUT2D eigenvalue weighted by Gasteiger charge is 2.30. The van der Waals surface area contributed by atoms with Crippen LogP contribution in [0.15, 0.2) is 21.9 Å². The average Bonchev–Trinajstić information content (AvgIpc) is 2.47. The summed E-state index contributed by atoms with van der Waals surface area (Å²) in [5.41, 5.74) is 0.788. The molecular formula is C16H26N2O4S2. The average molecular weight is 375 g/mol. The first-order valence-electron chi connectivity index (χ1n) is 7.96. The van der Waals surface area contributed by atoms with Gasteiger partial charge >= 0.3 is 0 Å². The highest BCUT2D eigenvalue weighted by Crippen LogP contribution is 2.29. The van der Waals surface area contributed by atoms with Crippen LogP contribution in [0.4, 0.5) is 0 Å². The van der Waals surface area contributed by atoms with Crippen molar-refractivity contribution in [2.24, 2.45) is 5.41 Å². The van der Waals surface area contributed by atoms with E-state index >= 15 is 0 Å². The minimum Gasteiger partial charge on any atom is -0.317 e. The molecule has 24 heavy (non-hydrogen) atoms. The van der Waals surface area contributed by atoms with Gasteiger partial charge in [0.25, 0.3) is 0 Å². The maximum absolute atomic E-state index is 12.7. The first kappa shape index (κ1) is 19.4. The van der Waals surface area contributed by atoms with Crippen molar-refractivity contribution >= 4 is 19.9 Å². The lowest BCUT2D eigenvalue weighted by atomic mass is 9.81. The summed E-state index contributed by atoms with van der Waals surface area (Å²) in [5.74, 6) is 0. The molecule has 136 valence electrons. The molecule has 0 aromatic heterocycles.